The number of carbonyl (C=O) groups excluding carboxylic acids is 1. The van der Waals surface area contributed by atoms with Crippen LogP contribution in [0.5, 0.6) is 11.5 Å². The highest BCUT2D eigenvalue weighted by molar-refractivity contribution is 6.30. The summed E-state index contributed by atoms with van der Waals surface area (Å²) in [5.41, 5.74) is 3.42. The molecule has 0 radical (unpaired) electrons. The summed E-state index contributed by atoms with van der Waals surface area (Å²) in [6.45, 7) is 3.63. The van der Waals surface area contributed by atoms with Crippen LogP contribution >= 0.6 is 11.6 Å². The number of fused-ring (bicyclic) bond motifs is 1. The molecule has 1 amide bonds. The molecule has 1 N–H and O–H groups in total. The van der Waals surface area contributed by atoms with Gasteiger partial charge >= 0.3 is 0 Å². The van der Waals surface area contributed by atoms with Crippen LogP contribution in [-0.2, 0) is 17.8 Å². The number of nitrogens with one attached hydrogen (secondary N) is 1. The molecule has 1 aliphatic heterocycles. The Bertz CT molecular complexity index is 808. The molecule has 0 aliphatic carbocycles. The average Bonchev–Trinajstić information content (AvgIpc) is 2.70. The first-order valence-corrected chi connectivity index (χ1v) is 9.40. The zero-order valence-electron chi connectivity index (χ0n) is 15.9. The van der Waals surface area contributed by atoms with E-state index >= 15 is 0 Å². The van der Waals surface area contributed by atoms with Gasteiger partial charge in [-0.2, -0.15) is 0 Å². The maximum atomic E-state index is 12.7. The van der Waals surface area contributed by atoms with Gasteiger partial charge in [0.25, 0.3) is 0 Å². The molecule has 27 heavy (non-hydrogen) atoms. The average molecular weight is 389 g/mol. The number of ether oxygens (including phenoxy) is 2. The van der Waals surface area contributed by atoms with E-state index in [-0.39, 0.29) is 11.9 Å². The fraction of sp³-hybridized carbons (Fsp3) is 0.381. The summed E-state index contributed by atoms with van der Waals surface area (Å²) in [4.78, 5) is 14.5. The van der Waals surface area contributed by atoms with Gasteiger partial charge in [-0.05, 0) is 54.3 Å². The van der Waals surface area contributed by atoms with Crippen molar-refractivity contribution >= 4 is 17.5 Å². The Hall–Kier alpha value is -2.24. The molecule has 1 atom stereocenters. The third-order valence-electron chi connectivity index (χ3n) is 5.00. The molecule has 0 saturated carbocycles. The first-order chi connectivity index (χ1) is 13.0. The molecule has 2 aromatic carbocycles. The minimum atomic E-state index is 0.0765. The molecule has 6 heteroatoms. The number of benzene rings is 2. The van der Waals surface area contributed by atoms with Gasteiger partial charge in [0, 0.05) is 24.2 Å². The van der Waals surface area contributed by atoms with E-state index in [4.69, 9.17) is 21.1 Å². The predicted molar refractivity (Wildman–Crippen MR) is 107 cm³/mol. The fourth-order valence-corrected chi connectivity index (χ4v) is 3.44. The van der Waals surface area contributed by atoms with Crippen LogP contribution in [0.3, 0.4) is 0 Å². The topological polar surface area (TPSA) is 50.8 Å². The van der Waals surface area contributed by atoms with Gasteiger partial charge in [-0.25, -0.2) is 0 Å². The lowest BCUT2D eigenvalue weighted by Gasteiger charge is -2.30. The van der Waals surface area contributed by atoms with E-state index in [2.05, 4.69) is 5.32 Å². The number of nitrogens with zero attached hydrogens (tertiary/aromatic N) is 1. The Kier molecular flexibility index (Phi) is 6.24. The molecule has 3 rings (SSSR count). The summed E-state index contributed by atoms with van der Waals surface area (Å²) in [7, 11) is 3.26. The van der Waals surface area contributed by atoms with Crippen LogP contribution in [0.1, 0.15) is 29.7 Å². The van der Waals surface area contributed by atoms with Crippen LogP contribution in [0.25, 0.3) is 0 Å². The molecule has 2 aromatic rings. The van der Waals surface area contributed by atoms with Crippen molar-refractivity contribution < 1.29 is 14.3 Å². The maximum Gasteiger partial charge on any atom is 0.236 e. The second kappa shape index (κ2) is 8.63. The first kappa shape index (κ1) is 19.5. The molecule has 0 bridgehead atoms. The van der Waals surface area contributed by atoms with Gasteiger partial charge in [0.05, 0.1) is 20.8 Å². The Balaban J connectivity index is 1.61. The summed E-state index contributed by atoms with van der Waals surface area (Å²) in [6, 6.07) is 11.7. The summed E-state index contributed by atoms with van der Waals surface area (Å²) >= 11 is 5.93. The molecule has 0 spiro atoms. The standard InChI is InChI=1S/C21H25ClN2O3/c1-14(15-4-6-18(22)7-5-15)23-12-21(25)24-9-8-16-10-19(26-2)20(27-3)11-17(16)13-24/h4-7,10-11,14,23H,8-9,12-13H2,1-3H3/t14-/m0/s1. The lowest BCUT2D eigenvalue weighted by atomic mass is 9.98. The maximum absolute atomic E-state index is 12.7. The van der Waals surface area contributed by atoms with Crippen molar-refractivity contribution in [3.8, 4) is 11.5 Å². The van der Waals surface area contributed by atoms with Gasteiger partial charge in [-0.1, -0.05) is 23.7 Å². The lowest BCUT2D eigenvalue weighted by Crippen LogP contribution is -2.41. The van der Waals surface area contributed by atoms with E-state index in [0.717, 1.165) is 23.3 Å². The van der Waals surface area contributed by atoms with E-state index < -0.39 is 0 Å². The van der Waals surface area contributed by atoms with Gasteiger partial charge in [0.1, 0.15) is 0 Å². The van der Waals surface area contributed by atoms with Gasteiger partial charge in [-0.3, -0.25) is 4.79 Å². The number of hydrogen-bond donors (Lipinski definition) is 1. The summed E-state index contributed by atoms with van der Waals surface area (Å²) < 4.78 is 10.8. The van der Waals surface area contributed by atoms with E-state index in [1.54, 1.807) is 14.2 Å². The molecule has 0 aromatic heterocycles. The number of amides is 1. The molecular formula is C21H25ClN2O3. The third-order valence-corrected chi connectivity index (χ3v) is 5.25. The highest BCUT2D eigenvalue weighted by Crippen LogP contribution is 2.33. The van der Waals surface area contributed by atoms with Crippen LogP contribution in [0.15, 0.2) is 36.4 Å². The smallest absolute Gasteiger partial charge is 0.236 e. The van der Waals surface area contributed by atoms with E-state index in [0.29, 0.717) is 30.4 Å². The SMILES string of the molecule is COc1cc2c(cc1OC)CN(C(=O)CN[C@@H](C)c1ccc(Cl)cc1)CC2. The van der Waals surface area contributed by atoms with Crippen LogP contribution in [0, 0.1) is 0 Å². The first-order valence-electron chi connectivity index (χ1n) is 9.02. The fourth-order valence-electron chi connectivity index (χ4n) is 3.32. The number of carbonyl (C=O) groups is 1. The van der Waals surface area contributed by atoms with Crippen molar-refractivity contribution in [3.63, 3.8) is 0 Å². The lowest BCUT2D eigenvalue weighted by molar-refractivity contribution is -0.131. The van der Waals surface area contributed by atoms with Crippen LogP contribution in [0.2, 0.25) is 5.02 Å². The Morgan fingerprint density at radius 2 is 1.78 bits per heavy atom. The highest BCUT2D eigenvalue weighted by Gasteiger charge is 2.23. The molecule has 0 fully saturated rings. The minimum absolute atomic E-state index is 0.0765. The van der Waals surface area contributed by atoms with Crippen molar-refractivity contribution in [3.05, 3.63) is 58.1 Å². The molecule has 1 heterocycles. The van der Waals surface area contributed by atoms with E-state index in [1.165, 1.54) is 5.56 Å². The Labute approximate surface area is 165 Å². The monoisotopic (exact) mass is 388 g/mol. The number of methoxy groups -OCH3 is 2. The largest absolute Gasteiger partial charge is 0.493 e. The van der Waals surface area contributed by atoms with E-state index in [9.17, 15) is 4.79 Å². The number of halogens is 1. The van der Waals surface area contributed by atoms with Crippen molar-refractivity contribution in [1.29, 1.82) is 0 Å². The van der Waals surface area contributed by atoms with Crippen molar-refractivity contribution in [2.24, 2.45) is 0 Å². The van der Waals surface area contributed by atoms with Crippen LogP contribution in [-0.4, -0.2) is 38.1 Å². The highest BCUT2D eigenvalue weighted by atomic mass is 35.5. The normalized spacial score (nSPS) is 14.4. The van der Waals surface area contributed by atoms with Crippen molar-refractivity contribution in [2.75, 3.05) is 27.3 Å². The minimum Gasteiger partial charge on any atom is -0.493 e. The third kappa shape index (κ3) is 4.54. The zero-order valence-corrected chi connectivity index (χ0v) is 16.7. The van der Waals surface area contributed by atoms with Gasteiger partial charge < -0.3 is 19.7 Å². The molecular weight excluding hydrogens is 364 g/mol. The number of hydrogen-bond acceptors (Lipinski definition) is 4. The van der Waals surface area contributed by atoms with Crippen LogP contribution in [0.4, 0.5) is 0 Å². The summed E-state index contributed by atoms with van der Waals surface area (Å²) in [5, 5.41) is 4.01. The summed E-state index contributed by atoms with van der Waals surface area (Å²) in [6.07, 6.45) is 0.814. The van der Waals surface area contributed by atoms with Gasteiger partial charge in [0.15, 0.2) is 11.5 Å². The molecule has 1 aliphatic rings. The van der Waals surface area contributed by atoms with Crippen LogP contribution < -0.4 is 14.8 Å². The zero-order chi connectivity index (χ0) is 19.4. The van der Waals surface area contributed by atoms with Crippen molar-refractivity contribution in [2.45, 2.75) is 25.9 Å². The molecule has 0 unspecified atom stereocenters. The molecule has 5 nitrogen and oxygen atoms in total. The summed E-state index contributed by atoms with van der Waals surface area (Å²) in [5.74, 6) is 1.52. The Morgan fingerprint density at radius 3 is 2.41 bits per heavy atom. The Morgan fingerprint density at radius 1 is 1.15 bits per heavy atom. The second-order valence-corrected chi connectivity index (χ2v) is 7.13. The molecule has 144 valence electrons. The van der Waals surface area contributed by atoms with E-state index in [1.807, 2.05) is 48.2 Å². The van der Waals surface area contributed by atoms with Gasteiger partial charge in [0.2, 0.25) is 5.91 Å². The molecule has 0 saturated heterocycles. The van der Waals surface area contributed by atoms with Gasteiger partial charge in [-0.15, -0.1) is 0 Å². The quantitative estimate of drug-likeness (QED) is 0.821. The number of rotatable bonds is 6. The second-order valence-electron chi connectivity index (χ2n) is 6.70. The predicted octanol–water partition coefficient (Wildman–Crippen LogP) is 3.59. The van der Waals surface area contributed by atoms with Crippen molar-refractivity contribution in [1.82, 2.24) is 10.2 Å².